The summed E-state index contributed by atoms with van der Waals surface area (Å²) in [6.07, 6.45) is 5.25. The molecule has 7 heteroatoms. The number of likely N-dealkylation sites (N-methyl/N-ethyl adjacent to an activating group) is 1. The molecule has 0 aromatic heterocycles. The highest BCUT2D eigenvalue weighted by molar-refractivity contribution is 6.58. The van der Waals surface area contributed by atoms with Crippen molar-refractivity contribution in [3.8, 4) is 0 Å². The molecule has 1 atom stereocenters. The van der Waals surface area contributed by atoms with Crippen LogP contribution in [0.25, 0.3) is 0 Å². The van der Waals surface area contributed by atoms with Gasteiger partial charge in [-0.3, -0.25) is 0 Å². The van der Waals surface area contributed by atoms with E-state index in [0.29, 0.717) is 10.9 Å². The van der Waals surface area contributed by atoms with E-state index in [1.807, 2.05) is 32.1 Å². The Kier molecular flexibility index (Phi) is 7.41. The lowest BCUT2D eigenvalue weighted by Crippen LogP contribution is -2.33. The third-order valence-electron chi connectivity index (χ3n) is 3.55. The van der Waals surface area contributed by atoms with E-state index < -0.39 is 14.2 Å². The summed E-state index contributed by atoms with van der Waals surface area (Å²) in [5, 5.41) is 36.6. The average molecular weight is 303 g/mol. The van der Waals surface area contributed by atoms with Gasteiger partial charge >= 0.3 is 14.2 Å². The predicted molar refractivity (Wildman–Crippen MR) is 91.8 cm³/mol. The molecule has 1 unspecified atom stereocenters. The number of nitrogens with zero attached hydrogens (tertiary/aromatic N) is 1. The molecule has 5 nitrogen and oxygen atoms in total. The van der Waals surface area contributed by atoms with Gasteiger partial charge in [0.15, 0.2) is 0 Å². The van der Waals surface area contributed by atoms with Gasteiger partial charge in [-0.25, -0.2) is 0 Å². The van der Waals surface area contributed by atoms with E-state index in [-0.39, 0.29) is 6.04 Å². The van der Waals surface area contributed by atoms with Crippen LogP contribution in [0.1, 0.15) is 20.8 Å². The molecule has 1 aromatic carbocycles. The van der Waals surface area contributed by atoms with Crippen LogP contribution in [0, 0.1) is 0 Å². The van der Waals surface area contributed by atoms with Crippen molar-refractivity contribution in [2.75, 3.05) is 11.4 Å². The average Bonchev–Trinajstić information content (AvgIpc) is 2.48. The van der Waals surface area contributed by atoms with E-state index in [2.05, 4.69) is 4.90 Å². The Hall–Kier alpha value is -1.53. The maximum absolute atomic E-state index is 9.20. The first-order valence-corrected chi connectivity index (χ1v) is 7.34. The van der Waals surface area contributed by atoms with Crippen molar-refractivity contribution in [2.45, 2.75) is 26.8 Å². The van der Waals surface area contributed by atoms with Crippen LogP contribution in [0.5, 0.6) is 0 Å². The van der Waals surface area contributed by atoms with Crippen LogP contribution >= 0.6 is 0 Å². The van der Waals surface area contributed by atoms with Gasteiger partial charge in [0.25, 0.3) is 0 Å². The Balaban J connectivity index is 2.88. The second-order valence-electron chi connectivity index (χ2n) is 5.01. The molecule has 0 spiro atoms. The molecular weight excluding hydrogens is 280 g/mol. The van der Waals surface area contributed by atoms with Gasteiger partial charge in [-0.2, -0.15) is 0 Å². The van der Waals surface area contributed by atoms with E-state index in [1.54, 1.807) is 31.2 Å². The zero-order valence-electron chi connectivity index (χ0n) is 13.2. The van der Waals surface area contributed by atoms with E-state index in [1.165, 1.54) is 0 Å². The van der Waals surface area contributed by atoms with Crippen molar-refractivity contribution in [1.82, 2.24) is 0 Å². The van der Waals surface area contributed by atoms with Gasteiger partial charge < -0.3 is 25.0 Å². The van der Waals surface area contributed by atoms with Crippen LogP contribution in [-0.2, 0) is 0 Å². The number of hydrogen-bond donors (Lipinski definition) is 4. The molecule has 4 N–H and O–H groups in total. The summed E-state index contributed by atoms with van der Waals surface area (Å²) in [7, 11) is -2.95. The monoisotopic (exact) mass is 303 g/mol. The van der Waals surface area contributed by atoms with Gasteiger partial charge in [0.2, 0.25) is 0 Å². The smallest absolute Gasteiger partial charge is 0.423 e. The summed E-state index contributed by atoms with van der Waals surface area (Å²) >= 11 is 0. The Morgan fingerprint density at radius 2 is 1.77 bits per heavy atom. The topological polar surface area (TPSA) is 84.2 Å². The van der Waals surface area contributed by atoms with E-state index >= 15 is 0 Å². The Morgan fingerprint density at radius 3 is 2.18 bits per heavy atom. The molecule has 118 valence electrons. The van der Waals surface area contributed by atoms with Crippen molar-refractivity contribution in [1.29, 1.82) is 0 Å². The van der Waals surface area contributed by atoms with E-state index in [0.717, 1.165) is 12.2 Å². The van der Waals surface area contributed by atoms with Crippen molar-refractivity contribution in [2.24, 2.45) is 0 Å². The number of hydrogen-bond acceptors (Lipinski definition) is 5. The zero-order valence-corrected chi connectivity index (χ0v) is 13.2. The molecule has 0 bridgehead atoms. The van der Waals surface area contributed by atoms with Crippen molar-refractivity contribution in [3.05, 3.63) is 48.0 Å². The maximum Gasteiger partial charge on any atom is 0.488 e. The van der Waals surface area contributed by atoms with E-state index in [9.17, 15) is 10.0 Å². The predicted octanol–water partition coefficient (Wildman–Crippen LogP) is 0.0957. The van der Waals surface area contributed by atoms with Gasteiger partial charge in [-0.05, 0) is 43.8 Å². The van der Waals surface area contributed by atoms with Gasteiger partial charge in [0.05, 0.1) is 0 Å². The molecule has 0 aliphatic heterocycles. The van der Waals surface area contributed by atoms with Crippen LogP contribution < -0.4 is 10.4 Å². The molecule has 0 amide bonds. The summed E-state index contributed by atoms with van der Waals surface area (Å²) < 4.78 is 0. The molecule has 0 aliphatic rings. The minimum absolute atomic E-state index is 0.0450. The Labute approximate surface area is 132 Å². The molecule has 0 aliphatic carbocycles. The number of anilines is 1. The van der Waals surface area contributed by atoms with Crippen LogP contribution in [0.3, 0.4) is 0 Å². The molecule has 0 saturated heterocycles. The lowest BCUT2D eigenvalue weighted by molar-refractivity contribution is 0.420. The fraction of sp³-hybridized carbons (Fsp3) is 0.333. The standard InChI is InChI=1S/C15H23B2NO4/c1-4-13(16(19)20)7-6-12(3)18(5-2)15-10-8-14(9-11-15)17(21)22/h4,6-12,19-22H,5H2,1-3H3/b7-6-,13-4+. The molecule has 0 fully saturated rings. The summed E-state index contributed by atoms with van der Waals surface area (Å²) in [5.41, 5.74) is 1.85. The first kappa shape index (κ1) is 18.5. The van der Waals surface area contributed by atoms with Crippen molar-refractivity contribution >= 4 is 25.4 Å². The number of allylic oxidation sites excluding steroid dienone is 3. The molecule has 1 rings (SSSR count). The minimum Gasteiger partial charge on any atom is -0.423 e. The van der Waals surface area contributed by atoms with Crippen LogP contribution in [-0.4, -0.2) is 46.9 Å². The molecular formula is C15H23B2NO4. The normalized spacial score (nSPS) is 13.3. The van der Waals surface area contributed by atoms with Gasteiger partial charge in [-0.1, -0.05) is 30.4 Å². The Bertz CT molecular complexity index is 515. The number of rotatable bonds is 7. The molecule has 0 heterocycles. The summed E-state index contributed by atoms with van der Waals surface area (Å²) in [6, 6.07) is 7.06. The lowest BCUT2D eigenvalue weighted by atomic mass is 9.79. The highest BCUT2D eigenvalue weighted by Crippen LogP contribution is 2.17. The second kappa shape index (κ2) is 8.80. The minimum atomic E-state index is -1.48. The quantitative estimate of drug-likeness (QED) is 0.424. The van der Waals surface area contributed by atoms with Gasteiger partial charge in [0, 0.05) is 18.3 Å². The fourth-order valence-corrected chi connectivity index (χ4v) is 2.23. The van der Waals surface area contributed by atoms with Gasteiger partial charge in [-0.15, -0.1) is 0 Å². The Morgan fingerprint density at radius 1 is 1.18 bits per heavy atom. The first-order chi connectivity index (χ1) is 10.4. The summed E-state index contributed by atoms with van der Waals surface area (Å²) in [6.45, 7) is 6.54. The first-order valence-electron chi connectivity index (χ1n) is 7.34. The highest BCUT2D eigenvalue weighted by atomic mass is 16.4. The lowest BCUT2D eigenvalue weighted by Gasteiger charge is -2.28. The number of benzene rings is 1. The SMILES string of the molecule is C/C=C(\C=C/C(C)N(CC)c1ccc(B(O)O)cc1)B(O)O. The van der Waals surface area contributed by atoms with E-state index in [4.69, 9.17) is 10.0 Å². The zero-order chi connectivity index (χ0) is 16.7. The highest BCUT2D eigenvalue weighted by Gasteiger charge is 2.15. The molecule has 22 heavy (non-hydrogen) atoms. The third-order valence-corrected chi connectivity index (χ3v) is 3.55. The third kappa shape index (κ3) is 5.03. The molecule has 0 saturated carbocycles. The van der Waals surface area contributed by atoms with Crippen molar-refractivity contribution < 1.29 is 20.1 Å². The fourth-order valence-electron chi connectivity index (χ4n) is 2.23. The molecule has 0 radical (unpaired) electrons. The van der Waals surface area contributed by atoms with Crippen molar-refractivity contribution in [3.63, 3.8) is 0 Å². The summed E-state index contributed by atoms with van der Waals surface area (Å²) in [4.78, 5) is 2.11. The van der Waals surface area contributed by atoms with Gasteiger partial charge in [0.1, 0.15) is 0 Å². The molecule has 1 aromatic rings. The maximum atomic E-state index is 9.20. The largest absolute Gasteiger partial charge is 0.488 e. The van der Waals surface area contributed by atoms with Crippen LogP contribution in [0.2, 0.25) is 0 Å². The summed E-state index contributed by atoms with van der Waals surface area (Å²) in [5.74, 6) is 0. The second-order valence-corrected chi connectivity index (χ2v) is 5.01. The van der Waals surface area contributed by atoms with Crippen LogP contribution in [0.15, 0.2) is 48.0 Å². The van der Waals surface area contributed by atoms with Crippen LogP contribution in [0.4, 0.5) is 5.69 Å².